The fourth-order valence-electron chi connectivity index (χ4n) is 1.45. The summed E-state index contributed by atoms with van der Waals surface area (Å²) in [7, 11) is 0. The van der Waals surface area contributed by atoms with Crippen LogP contribution in [0.15, 0.2) is 27.1 Å². The number of ether oxygens (including phenoxy) is 1. The first-order valence-electron chi connectivity index (χ1n) is 5.74. The summed E-state index contributed by atoms with van der Waals surface area (Å²) in [4.78, 5) is 4.10. The summed E-state index contributed by atoms with van der Waals surface area (Å²) in [6, 6.07) is 2.03. The number of rotatable bonds is 4. The molecule has 0 bridgehead atoms. The second-order valence-corrected chi connectivity index (χ2v) is 5.77. The van der Waals surface area contributed by atoms with E-state index in [2.05, 4.69) is 36.2 Å². The summed E-state index contributed by atoms with van der Waals surface area (Å²) in [5.74, 6) is -0.723. The lowest BCUT2D eigenvalue weighted by Crippen LogP contribution is -2.17. The molecule has 0 amide bonds. The van der Waals surface area contributed by atoms with Crippen LogP contribution in [0, 0.1) is 6.92 Å². The highest BCUT2D eigenvalue weighted by Crippen LogP contribution is 2.34. The van der Waals surface area contributed by atoms with Gasteiger partial charge in [-0.05, 0) is 35.0 Å². The Bertz CT molecular complexity index is 703. The van der Waals surface area contributed by atoms with Crippen molar-refractivity contribution < 1.29 is 23.0 Å². The van der Waals surface area contributed by atoms with Crippen LogP contribution in [0.5, 0.6) is 11.5 Å². The molecule has 2 aromatic rings. The minimum absolute atomic E-state index is 0.0504. The SMILES string of the molecule is Cc1csc(NN=Cc2cc(OC(F)(F)F)cc(Br)c2O)n1. The molecule has 22 heavy (non-hydrogen) atoms. The van der Waals surface area contributed by atoms with Crippen molar-refractivity contribution in [3.63, 3.8) is 0 Å². The van der Waals surface area contributed by atoms with Gasteiger partial charge in [-0.2, -0.15) is 5.10 Å². The fourth-order valence-corrected chi connectivity index (χ4v) is 2.54. The molecular formula is C12H9BrF3N3O2S. The predicted molar refractivity (Wildman–Crippen MR) is 80.6 cm³/mol. The molecule has 0 unspecified atom stereocenters. The molecule has 0 atom stereocenters. The molecule has 5 nitrogen and oxygen atoms in total. The maximum absolute atomic E-state index is 12.2. The lowest BCUT2D eigenvalue weighted by molar-refractivity contribution is -0.274. The van der Waals surface area contributed by atoms with Gasteiger partial charge in [0, 0.05) is 10.9 Å². The Kier molecular flexibility index (Phi) is 4.91. The third-order valence-electron chi connectivity index (χ3n) is 2.28. The first kappa shape index (κ1) is 16.6. The Hall–Kier alpha value is -1.81. The van der Waals surface area contributed by atoms with E-state index in [1.807, 2.05) is 12.3 Å². The molecule has 0 saturated heterocycles. The van der Waals surface area contributed by atoms with Crippen LogP contribution in [0.2, 0.25) is 0 Å². The van der Waals surface area contributed by atoms with E-state index in [-0.39, 0.29) is 15.8 Å². The maximum atomic E-state index is 12.2. The van der Waals surface area contributed by atoms with Gasteiger partial charge in [0.1, 0.15) is 11.5 Å². The van der Waals surface area contributed by atoms with Gasteiger partial charge in [-0.15, -0.1) is 24.5 Å². The van der Waals surface area contributed by atoms with Crippen molar-refractivity contribution in [3.8, 4) is 11.5 Å². The van der Waals surface area contributed by atoms with Crippen molar-refractivity contribution in [1.29, 1.82) is 0 Å². The fraction of sp³-hybridized carbons (Fsp3) is 0.167. The van der Waals surface area contributed by atoms with Crippen molar-refractivity contribution in [2.75, 3.05) is 5.43 Å². The quantitative estimate of drug-likeness (QED) is 0.599. The molecule has 10 heteroatoms. The number of benzene rings is 1. The molecule has 118 valence electrons. The Morgan fingerprint density at radius 1 is 1.45 bits per heavy atom. The molecule has 0 aliphatic carbocycles. The molecule has 2 rings (SSSR count). The summed E-state index contributed by atoms with van der Waals surface area (Å²) in [6.45, 7) is 1.81. The first-order chi connectivity index (χ1) is 10.2. The van der Waals surface area contributed by atoms with Gasteiger partial charge < -0.3 is 9.84 Å². The molecule has 0 spiro atoms. The minimum atomic E-state index is -4.82. The van der Waals surface area contributed by atoms with Crippen molar-refractivity contribution in [2.24, 2.45) is 5.10 Å². The number of hydrogen-bond donors (Lipinski definition) is 2. The highest BCUT2D eigenvalue weighted by atomic mass is 79.9. The van der Waals surface area contributed by atoms with E-state index in [0.717, 1.165) is 17.8 Å². The second kappa shape index (κ2) is 6.53. The van der Waals surface area contributed by atoms with Crippen LogP contribution in [0.4, 0.5) is 18.3 Å². The topological polar surface area (TPSA) is 66.7 Å². The van der Waals surface area contributed by atoms with Crippen LogP contribution < -0.4 is 10.2 Å². The molecule has 0 fully saturated rings. The summed E-state index contributed by atoms with van der Waals surface area (Å²) in [6.07, 6.45) is -3.65. The Morgan fingerprint density at radius 2 is 2.18 bits per heavy atom. The van der Waals surface area contributed by atoms with E-state index < -0.39 is 12.1 Å². The Labute approximate surface area is 135 Å². The largest absolute Gasteiger partial charge is 0.573 e. The standard InChI is InChI=1S/C12H9BrF3N3O2S/c1-6-5-22-11(18-6)19-17-4-7-2-8(21-12(14,15)16)3-9(13)10(7)20/h2-5,20H,1H3,(H,18,19). The molecule has 1 heterocycles. The van der Waals surface area contributed by atoms with Gasteiger partial charge >= 0.3 is 6.36 Å². The van der Waals surface area contributed by atoms with Crippen molar-refractivity contribution in [1.82, 2.24) is 4.98 Å². The molecule has 0 radical (unpaired) electrons. The van der Waals surface area contributed by atoms with E-state index in [0.29, 0.717) is 5.13 Å². The average molecular weight is 396 g/mol. The highest BCUT2D eigenvalue weighted by molar-refractivity contribution is 9.10. The van der Waals surface area contributed by atoms with Gasteiger partial charge in [0.05, 0.1) is 16.4 Å². The van der Waals surface area contributed by atoms with Crippen LogP contribution in [0.1, 0.15) is 11.3 Å². The van der Waals surface area contributed by atoms with E-state index >= 15 is 0 Å². The van der Waals surface area contributed by atoms with Crippen molar-refractivity contribution in [3.05, 3.63) is 33.2 Å². The number of nitrogens with zero attached hydrogens (tertiary/aromatic N) is 2. The smallest absolute Gasteiger partial charge is 0.506 e. The zero-order valence-electron chi connectivity index (χ0n) is 11.0. The van der Waals surface area contributed by atoms with Crippen LogP contribution >= 0.6 is 27.3 Å². The predicted octanol–water partition coefficient (Wildman–Crippen LogP) is 4.26. The monoisotopic (exact) mass is 395 g/mol. The van der Waals surface area contributed by atoms with Gasteiger partial charge in [-0.25, -0.2) is 4.98 Å². The Balaban J connectivity index is 2.18. The molecule has 1 aromatic heterocycles. The Morgan fingerprint density at radius 3 is 2.77 bits per heavy atom. The summed E-state index contributed by atoms with van der Waals surface area (Å²) in [5, 5.41) is 16.0. The number of aryl methyl sites for hydroxylation is 1. The van der Waals surface area contributed by atoms with Crippen LogP contribution in [0.25, 0.3) is 0 Å². The van der Waals surface area contributed by atoms with Gasteiger partial charge in [-0.3, -0.25) is 5.43 Å². The van der Waals surface area contributed by atoms with Gasteiger partial charge in [-0.1, -0.05) is 0 Å². The number of halogens is 4. The zero-order valence-corrected chi connectivity index (χ0v) is 13.4. The number of anilines is 1. The summed E-state index contributed by atoms with van der Waals surface area (Å²) < 4.78 is 40.6. The van der Waals surface area contributed by atoms with Gasteiger partial charge in [0.2, 0.25) is 5.13 Å². The van der Waals surface area contributed by atoms with Gasteiger partial charge in [0.25, 0.3) is 0 Å². The van der Waals surface area contributed by atoms with Gasteiger partial charge in [0.15, 0.2) is 0 Å². The number of hydrazone groups is 1. The van der Waals surface area contributed by atoms with Crippen molar-refractivity contribution >= 4 is 38.6 Å². The number of nitrogens with one attached hydrogen (secondary N) is 1. The molecule has 0 aliphatic heterocycles. The van der Waals surface area contributed by atoms with E-state index in [9.17, 15) is 18.3 Å². The minimum Gasteiger partial charge on any atom is -0.506 e. The molecule has 1 aromatic carbocycles. The zero-order chi connectivity index (χ0) is 16.3. The third-order valence-corrected chi connectivity index (χ3v) is 3.75. The molecule has 0 aliphatic rings. The lowest BCUT2D eigenvalue weighted by Gasteiger charge is -2.11. The molecular weight excluding hydrogens is 387 g/mol. The summed E-state index contributed by atoms with van der Waals surface area (Å²) >= 11 is 4.28. The maximum Gasteiger partial charge on any atom is 0.573 e. The number of phenols is 1. The number of alkyl halides is 3. The number of aromatic hydroxyl groups is 1. The number of aromatic nitrogens is 1. The number of hydrogen-bond acceptors (Lipinski definition) is 6. The van der Waals surface area contributed by atoms with E-state index in [4.69, 9.17) is 0 Å². The number of thiazole rings is 1. The summed E-state index contributed by atoms with van der Waals surface area (Å²) in [5.41, 5.74) is 3.48. The first-order valence-corrected chi connectivity index (χ1v) is 7.41. The van der Waals surface area contributed by atoms with E-state index in [1.165, 1.54) is 17.6 Å². The molecule has 2 N–H and O–H groups in total. The molecule has 0 saturated carbocycles. The normalized spacial score (nSPS) is 11.9. The van der Waals surface area contributed by atoms with E-state index in [1.54, 1.807) is 0 Å². The van der Waals surface area contributed by atoms with Crippen LogP contribution in [-0.2, 0) is 0 Å². The lowest BCUT2D eigenvalue weighted by atomic mass is 10.2. The highest BCUT2D eigenvalue weighted by Gasteiger charge is 2.31. The third kappa shape index (κ3) is 4.60. The van der Waals surface area contributed by atoms with Crippen molar-refractivity contribution in [2.45, 2.75) is 13.3 Å². The van der Waals surface area contributed by atoms with Crippen LogP contribution in [0.3, 0.4) is 0 Å². The van der Waals surface area contributed by atoms with Crippen LogP contribution in [-0.4, -0.2) is 22.7 Å². The second-order valence-electron chi connectivity index (χ2n) is 4.05. The number of phenolic OH excluding ortho intramolecular Hbond substituents is 1. The average Bonchev–Trinajstić information content (AvgIpc) is 2.79.